The van der Waals surface area contributed by atoms with Gasteiger partial charge in [0.15, 0.2) is 0 Å². The number of piperazine rings is 1. The molecule has 1 saturated heterocycles. The molecule has 110 valence electrons. The first-order valence-electron chi connectivity index (χ1n) is 7.42. The van der Waals surface area contributed by atoms with Gasteiger partial charge >= 0.3 is 0 Å². The van der Waals surface area contributed by atoms with Gasteiger partial charge in [-0.05, 0) is 32.1 Å². The molecule has 0 spiro atoms. The first-order chi connectivity index (χ1) is 8.79. The first-order valence-corrected chi connectivity index (χ1v) is 7.42. The predicted octanol–water partition coefficient (Wildman–Crippen LogP) is 2.18. The maximum Gasteiger partial charge on any atom is 0.246 e. The maximum atomic E-state index is 12.6. The summed E-state index contributed by atoms with van der Waals surface area (Å²) < 4.78 is 0. The van der Waals surface area contributed by atoms with Crippen LogP contribution in [0.3, 0.4) is 0 Å². The van der Waals surface area contributed by atoms with Crippen molar-refractivity contribution in [1.82, 2.24) is 10.2 Å². The van der Waals surface area contributed by atoms with E-state index in [1.165, 1.54) is 0 Å². The molecule has 0 aromatic carbocycles. The number of hydrogen-bond donors (Lipinski definition) is 1. The molecule has 1 heterocycles. The average Bonchev–Trinajstić information content (AvgIpc) is 2.34. The van der Waals surface area contributed by atoms with Crippen molar-refractivity contribution in [2.24, 2.45) is 11.8 Å². The Hall–Kier alpha value is -1.06. The molecule has 4 heteroatoms. The van der Waals surface area contributed by atoms with Gasteiger partial charge < -0.3 is 10.2 Å². The summed E-state index contributed by atoms with van der Waals surface area (Å²) in [5.41, 5.74) is 0. The molecule has 1 N–H and O–H groups in total. The average molecular weight is 268 g/mol. The molecule has 1 aliphatic heterocycles. The number of rotatable bonds is 5. The van der Waals surface area contributed by atoms with Crippen LogP contribution in [0.1, 0.15) is 54.4 Å². The third kappa shape index (κ3) is 3.48. The lowest BCUT2D eigenvalue weighted by atomic mass is 9.93. The molecule has 1 rings (SSSR count). The fourth-order valence-electron chi connectivity index (χ4n) is 2.65. The van der Waals surface area contributed by atoms with Crippen LogP contribution in [0.2, 0.25) is 0 Å². The smallest absolute Gasteiger partial charge is 0.246 e. The summed E-state index contributed by atoms with van der Waals surface area (Å²) in [6.45, 7) is 12.3. The summed E-state index contributed by atoms with van der Waals surface area (Å²) in [5, 5.41) is 2.86. The van der Waals surface area contributed by atoms with E-state index in [0.29, 0.717) is 18.3 Å². The minimum Gasteiger partial charge on any atom is -0.343 e. The van der Waals surface area contributed by atoms with Gasteiger partial charge in [-0.25, -0.2) is 0 Å². The summed E-state index contributed by atoms with van der Waals surface area (Å²) >= 11 is 0. The highest BCUT2D eigenvalue weighted by atomic mass is 16.2. The second kappa shape index (κ2) is 6.40. The third-order valence-corrected chi connectivity index (χ3v) is 4.28. The normalized spacial score (nSPS) is 27.4. The zero-order valence-electron chi connectivity index (χ0n) is 13.1. The highest BCUT2D eigenvalue weighted by Crippen LogP contribution is 2.23. The lowest BCUT2D eigenvalue weighted by molar-refractivity contribution is -0.152. The molecule has 0 bridgehead atoms. The van der Waals surface area contributed by atoms with Crippen molar-refractivity contribution in [2.45, 2.75) is 72.5 Å². The summed E-state index contributed by atoms with van der Waals surface area (Å²) in [6, 6.07) is -0.608. The Morgan fingerprint density at radius 2 is 1.79 bits per heavy atom. The van der Waals surface area contributed by atoms with E-state index in [4.69, 9.17) is 0 Å². The third-order valence-electron chi connectivity index (χ3n) is 4.28. The summed E-state index contributed by atoms with van der Waals surface area (Å²) in [6.07, 6.45) is 1.72. The van der Waals surface area contributed by atoms with Crippen molar-refractivity contribution < 1.29 is 9.59 Å². The van der Waals surface area contributed by atoms with E-state index in [1.807, 2.05) is 13.8 Å². The topological polar surface area (TPSA) is 49.4 Å². The van der Waals surface area contributed by atoms with Crippen LogP contribution in [0, 0.1) is 11.8 Å². The molecule has 1 aliphatic rings. The Kier molecular flexibility index (Phi) is 5.39. The zero-order chi connectivity index (χ0) is 14.7. The van der Waals surface area contributed by atoms with E-state index in [2.05, 4.69) is 33.0 Å². The molecular weight excluding hydrogens is 240 g/mol. The Morgan fingerprint density at radius 1 is 1.21 bits per heavy atom. The predicted molar refractivity (Wildman–Crippen MR) is 76.6 cm³/mol. The number of amides is 2. The SMILES string of the molecule is CCC(C)C(C)N1C(=O)C(CC(C)C)NC(=O)C1C. The molecule has 0 saturated carbocycles. The minimum atomic E-state index is -0.361. The quantitative estimate of drug-likeness (QED) is 0.831. The number of hydrogen-bond acceptors (Lipinski definition) is 2. The van der Waals surface area contributed by atoms with Crippen LogP contribution in [0.25, 0.3) is 0 Å². The van der Waals surface area contributed by atoms with E-state index in [-0.39, 0.29) is 29.9 Å². The highest BCUT2D eigenvalue weighted by Gasteiger charge is 2.41. The van der Waals surface area contributed by atoms with Gasteiger partial charge in [-0.3, -0.25) is 9.59 Å². The van der Waals surface area contributed by atoms with Gasteiger partial charge in [0.2, 0.25) is 11.8 Å². The molecule has 19 heavy (non-hydrogen) atoms. The molecule has 0 aromatic heterocycles. The summed E-state index contributed by atoms with van der Waals surface area (Å²) in [5.74, 6) is 0.842. The molecule has 0 aliphatic carbocycles. The second-order valence-corrected chi connectivity index (χ2v) is 6.24. The number of nitrogens with one attached hydrogen (secondary N) is 1. The van der Waals surface area contributed by atoms with Crippen molar-refractivity contribution in [3.63, 3.8) is 0 Å². The number of carbonyl (C=O) groups is 2. The van der Waals surface area contributed by atoms with Gasteiger partial charge in [0, 0.05) is 6.04 Å². The van der Waals surface area contributed by atoms with E-state index >= 15 is 0 Å². The second-order valence-electron chi connectivity index (χ2n) is 6.24. The van der Waals surface area contributed by atoms with Crippen LogP contribution < -0.4 is 5.32 Å². The van der Waals surface area contributed by atoms with Gasteiger partial charge in [-0.2, -0.15) is 0 Å². The summed E-state index contributed by atoms with van der Waals surface area (Å²) in [7, 11) is 0. The van der Waals surface area contributed by atoms with E-state index in [0.717, 1.165) is 6.42 Å². The number of carbonyl (C=O) groups excluding carboxylic acids is 2. The summed E-state index contributed by atoms with van der Waals surface area (Å²) in [4.78, 5) is 26.4. The van der Waals surface area contributed by atoms with Crippen LogP contribution >= 0.6 is 0 Å². The molecular formula is C15H28N2O2. The van der Waals surface area contributed by atoms with Crippen LogP contribution in [-0.4, -0.2) is 34.8 Å². The molecule has 2 amide bonds. The monoisotopic (exact) mass is 268 g/mol. The Morgan fingerprint density at radius 3 is 2.26 bits per heavy atom. The fraction of sp³-hybridized carbons (Fsp3) is 0.867. The van der Waals surface area contributed by atoms with Crippen LogP contribution in [-0.2, 0) is 9.59 Å². The van der Waals surface area contributed by atoms with Crippen molar-refractivity contribution in [2.75, 3.05) is 0 Å². The van der Waals surface area contributed by atoms with Gasteiger partial charge in [0.05, 0.1) is 0 Å². The lowest BCUT2D eigenvalue weighted by Crippen LogP contribution is -2.65. The number of nitrogens with zero attached hydrogens (tertiary/aromatic N) is 1. The van der Waals surface area contributed by atoms with Gasteiger partial charge in [-0.15, -0.1) is 0 Å². The first kappa shape index (κ1) is 16.0. The van der Waals surface area contributed by atoms with Gasteiger partial charge in [-0.1, -0.05) is 34.1 Å². The van der Waals surface area contributed by atoms with E-state index < -0.39 is 0 Å². The largest absolute Gasteiger partial charge is 0.343 e. The fourth-order valence-corrected chi connectivity index (χ4v) is 2.65. The van der Waals surface area contributed by atoms with Crippen molar-refractivity contribution in [3.05, 3.63) is 0 Å². The Bertz CT molecular complexity index is 341. The molecule has 4 atom stereocenters. The molecule has 4 nitrogen and oxygen atoms in total. The van der Waals surface area contributed by atoms with Gasteiger partial charge in [0.25, 0.3) is 0 Å². The standard InChI is InChI=1S/C15H28N2O2/c1-7-10(4)11(5)17-12(6)14(18)16-13(15(17)19)8-9(2)3/h9-13H,7-8H2,1-6H3,(H,16,18). The van der Waals surface area contributed by atoms with E-state index in [1.54, 1.807) is 4.90 Å². The van der Waals surface area contributed by atoms with Crippen LogP contribution in [0.15, 0.2) is 0 Å². The zero-order valence-corrected chi connectivity index (χ0v) is 13.1. The molecule has 0 aromatic rings. The maximum absolute atomic E-state index is 12.6. The van der Waals surface area contributed by atoms with Crippen molar-refractivity contribution in [1.29, 1.82) is 0 Å². The Labute approximate surface area is 116 Å². The Balaban J connectivity index is 2.92. The van der Waals surface area contributed by atoms with Crippen molar-refractivity contribution in [3.8, 4) is 0 Å². The molecule has 4 unspecified atom stereocenters. The molecule has 1 fully saturated rings. The molecule has 0 radical (unpaired) electrons. The van der Waals surface area contributed by atoms with Crippen molar-refractivity contribution >= 4 is 11.8 Å². The van der Waals surface area contributed by atoms with Gasteiger partial charge in [0.1, 0.15) is 12.1 Å². The lowest BCUT2D eigenvalue weighted by Gasteiger charge is -2.43. The van der Waals surface area contributed by atoms with Crippen LogP contribution in [0.4, 0.5) is 0 Å². The van der Waals surface area contributed by atoms with Crippen LogP contribution in [0.5, 0.6) is 0 Å². The minimum absolute atomic E-state index is 0.0274. The van der Waals surface area contributed by atoms with E-state index in [9.17, 15) is 9.59 Å². The highest BCUT2D eigenvalue weighted by molar-refractivity contribution is 5.96.